The van der Waals surface area contributed by atoms with Crippen LogP contribution < -0.4 is 10.0 Å². The number of methoxy groups -OCH3 is 1. The van der Waals surface area contributed by atoms with Gasteiger partial charge in [-0.3, -0.25) is 0 Å². The standard InChI is InChI=1S/C32H47O3P/c1-20(2)24-16-25(21(3)4)30(26(17-24)22(5)6)27-15-23(7)28(33-10)18-29(27)36-14-11-32(19-31(36,8)9)34-12-13-35-32/h15-18,20-22H,11-14,19H2,1-10H3. The molecule has 4 rings (SSSR count). The van der Waals surface area contributed by atoms with E-state index in [1.165, 1.54) is 38.7 Å². The van der Waals surface area contributed by atoms with Crippen LogP contribution in [-0.2, 0) is 9.47 Å². The van der Waals surface area contributed by atoms with Gasteiger partial charge in [0.2, 0.25) is 0 Å². The maximum absolute atomic E-state index is 6.18. The summed E-state index contributed by atoms with van der Waals surface area (Å²) in [4.78, 5) is 0. The molecule has 0 aliphatic carbocycles. The molecule has 0 saturated carbocycles. The van der Waals surface area contributed by atoms with Crippen molar-refractivity contribution in [2.45, 2.75) is 104 Å². The molecule has 0 radical (unpaired) electrons. The molecule has 0 amide bonds. The lowest BCUT2D eigenvalue weighted by molar-refractivity contribution is -0.169. The predicted octanol–water partition coefficient (Wildman–Crippen LogP) is 8.46. The lowest BCUT2D eigenvalue weighted by atomic mass is 9.81. The van der Waals surface area contributed by atoms with Gasteiger partial charge in [-0.2, -0.15) is 0 Å². The van der Waals surface area contributed by atoms with E-state index in [2.05, 4.69) is 86.6 Å². The highest BCUT2D eigenvalue weighted by atomic mass is 31.1. The molecule has 2 aliphatic heterocycles. The van der Waals surface area contributed by atoms with Gasteiger partial charge in [-0.05, 0) is 86.8 Å². The van der Waals surface area contributed by atoms with Gasteiger partial charge in [0, 0.05) is 12.8 Å². The van der Waals surface area contributed by atoms with Gasteiger partial charge in [-0.25, -0.2) is 0 Å². The fourth-order valence-corrected chi connectivity index (χ4v) is 9.44. The van der Waals surface area contributed by atoms with Crippen LogP contribution in [-0.4, -0.2) is 37.4 Å². The highest BCUT2D eigenvalue weighted by Crippen LogP contribution is 2.60. The molecule has 198 valence electrons. The molecule has 0 bridgehead atoms. The average Bonchev–Trinajstić information content (AvgIpc) is 3.24. The van der Waals surface area contributed by atoms with Crippen LogP contribution in [0.1, 0.15) is 108 Å². The minimum absolute atomic E-state index is 0.0980. The van der Waals surface area contributed by atoms with Crippen molar-refractivity contribution in [3.8, 4) is 16.9 Å². The van der Waals surface area contributed by atoms with Gasteiger partial charge in [0.1, 0.15) is 5.75 Å². The van der Waals surface area contributed by atoms with E-state index in [1.54, 1.807) is 7.11 Å². The Labute approximate surface area is 221 Å². The second-order valence-electron chi connectivity index (χ2n) is 12.4. The Kier molecular flexibility index (Phi) is 7.97. The summed E-state index contributed by atoms with van der Waals surface area (Å²) in [6, 6.07) is 9.75. The topological polar surface area (TPSA) is 27.7 Å². The van der Waals surface area contributed by atoms with Gasteiger partial charge in [0.25, 0.3) is 0 Å². The van der Waals surface area contributed by atoms with Crippen molar-refractivity contribution < 1.29 is 14.2 Å². The molecular formula is C32H47O3P. The first kappa shape index (κ1) is 27.6. The fraction of sp³-hybridized carbons (Fsp3) is 0.625. The maximum atomic E-state index is 6.18. The van der Waals surface area contributed by atoms with Crippen LogP contribution in [0.15, 0.2) is 24.3 Å². The van der Waals surface area contributed by atoms with Crippen molar-refractivity contribution in [2.24, 2.45) is 0 Å². The molecule has 2 saturated heterocycles. The van der Waals surface area contributed by atoms with Crippen molar-refractivity contribution in [2.75, 3.05) is 26.5 Å². The van der Waals surface area contributed by atoms with Gasteiger partial charge < -0.3 is 14.2 Å². The summed E-state index contributed by atoms with van der Waals surface area (Å²) in [7, 11) is 1.35. The summed E-state index contributed by atoms with van der Waals surface area (Å²) < 4.78 is 18.3. The van der Waals surface area contributed by atoms with Crippen LogP contribution in [0.4, 0.5) is 0 Å². The highest BCUT2D eigenvalue weighted by Gasteiger charge is 2.49. The average molecular weight is 511 g/mol. The predicted molar refractivity (Wildman–Crippen MR) is 155 cm³/mol. The largest absolute Gasteiger partial charge is 0.496 e. The molecule has 36 heavy (non-hydrogen) atoms. The van der Waals surface area contributed by atoms with Crippen LogP contribution in [0.5, 0.6) is 5.75 Å². The molecule has 2 heterocycles. The van der Waals surface area contributed by atoms with E-state index in [-0.39, 0.29) is 10.9 Å². The van der Waals surface area contributed by atoms with Crippen molar-refractivity contribution in [1.82, 2.24) is 0 Å². The SMILES string of the molecule is COc1cc(P2CCC3(CC2(C)C)OCCO3)c(-c2c(C(C)C)cc(C(C)C)cc2C(C)C)cc1C. The summed E-state index contributed by atoms with van der Waals surface area (Å²) >= 11 is 0. The Morgan fingerprint density at radius 1 is 0.861 bits per heavy atom. The maximum Gasteiger partial charge on any atom is 0.169 e. The minimum atomic E-state index is -0.454. The molecule has 0 aromatic heterocycles. The van der Waals surface area contributed by atoms with E-state index < -0.39 is 7.92 Å². The lowest BCUT2D eigenvalue weighted by Gasteiger charge is -2.47. The van der Waals surface area contributed by atoms with Crippen LogP contribution in [0, 0.1) is 6.92 Å². The number of ether oxygens (including phenoxy) is 3. The number of hydrogen-bond acceptors (Lipinski definition) is 3. The van der Waals surface area contributed by atoms with Gasteiger partial charge in [0.15, 0.2) is 5.79 Å². The number of hydrogen-bond donors (Lipinski definition) is 0. The van der Waals surface area contributed by atoms with Crippen molar-refractivity contribution in [1.29, 1.82) is 0 Å². The first-order valence-corrected chi connectivity index (χ1v) is 15.3. The van der Waals surface area contributed by atoms with Gasteiger partial charge in [0.05, 0.1) is 20.3 Å². The normalized spacial score (nSPS) is 21.2. The van der Waals surface area contributed by atoms with Gasteiger partial charge in [-0.1, -0.05) is 75.4 Å². The van der Waals surface area contributed by atoms with E-state index in [4.69, 9.17) is 14.2 Å². The Morgan fingerprint density at radius 2 is 1.44 bits per heavy atom. The molecule has 1 unspecified atom stereocenters. The molecule has 3 nitrogen and oxygen atoms in total. The fourth-order valence-electron chi connectivity index (χ4n) is 6.21. The van der Waals surface area contributed by atoms with Crippen molar-refractivity contribution in [3.05, 3.63) is 46.5 Å². The summed E-state index contributed by atoms with van der Waals surface area (Å²) in [5, 5.41) is 1.58. The quantitative estimate of drug-likeness (QED) is 0.365. The van der Waals surface area contributed by atoms with Crippen LogP contribution in [0.3, 0.4) is 0 Å². The molecule has 2 fully saturated rings. The Morgan fingerprint density at radius 3 is 1.92 bits per heavy atom. The number of aryl methyl sites for hydroxylation is 1. The summed E-state index contributed by atoms with van der Waals surface area (Å²) in [6.07, 6.45) is 3.03. The van der Waals surface area contributed by atoms with E-state index >= 15 is 0 Å². The lowest BCUT2D eigenvalue weighted by Crippen LogP contribution is -2.45. The van der Waals surface area contributed by atoms with Crippen LogP contribution in [0.25, 0.3) is 11.1 Å². The van der Waals surface area contributed by atoms with E-state index in [9.17, 15) is 0 Å². The Hall–Kier alpha value is -1.41. The molecule has 1 atom stereocenters. The number of benzene rings is 2. The van der Waals surface area contributed by atoms with Crippen LogP contribution >= 0.6 is 7.92 Å². The monoisotopic (exact) mass is 510 g/mol. The zero-order valence-electron chi connectivity index (χ0n) is 24.2. The zero-order chi connectivity index (χ0) is 26.4. The van der Waals surface area contributed by atoms with E-state index in [1.807, 2.05) is 0 Å². The highest BCUT2D eigenvalue weighted by molar-refractivity contribution is 7.67. The molecule has 0 N–H and O–H groups in total. The second-order valence-corrected chi connectivity index (χ2v) is 15.4. The van der Waals surface area contributed by atoms with Gasteiger partial charge >= 0.3 is 0 Å². The summed E-state index contributed by atoms with van der Waals surface area (Å²) in [6.45, 7) is 22.5. The molecule has 2 aliphatic rings. The molecule has 2 aromatic rings. The van der Waals surface area contributed by atoms with Crippen molar-refractivity contribution in [3.63, 3.8) is 0 Å². The van der Waals surface area contributed by atoms with Crippen molar-refractivity contribution >= 4 is 13.2 Å². The summed E-state index contributed by atoms with van der Waals surface area (Å²) in [5.74, 6) is 2.01. The third-order valence-corrected chi connectivity index (χ3v) is 11.4. The Bertz CT molecular complexity index is 1060. The van der Waals surface area contributed by atoms with Crippen LogP contribution in [0.2, 0.25) is 0 Å². The molecule has 4 heteroatoms. The minimum Gasteiger partial charge on any atom is -0.496 e. The summed E-state index contributed by atoms with van der Waals surface area (Å²) in [5.41, 5.74) is 8.46. The smallest absolute Gasteiger partial charge is 0.169 e. The first-order chi connectivity index (χ1) is 16.9. The second kappa shape index (κ2) is 10.4. The first-order valence-electron chi connectivity index (χ1n) is 13.8. The molecular weight excluding hydrogens is 463 g/mol. The zero-order valence-corrected chi connectivity index (χ0v) is 25.1. The molecule has 2 aromatic carbocycles. The molecule has 1 spiro atoms. The third-order valence-electron chi connectivity index (χ3n) is 8.17. The van der Waals surface area contributed by atoms with Gasteiger partial charge in [-0.15, -0.1) is 0 Å². The third kappa shape index (κ3) is 5.13. The number of rotatable bonds is 6. The Balaban J connectivity index is 1.96. The van der Waals surface area contributed by atoms with E-state index in [0.29, 0.717) is 17.8 Å². The van der Waals surface area contributed by atoms with E-state index in [0.717, 1.165) is 38.0 Å².